The van der Waals surface area contributed by atoms with Crippen molar-refractivity contribution in [1.29, 1.82) is 0 Å². The molecule has 0 saturated heterocycles. The smallest absolute Gasteiger partial charge is 0.125 e. The summed E-state index contributed by atoms with van der Waals surface area (Å²) in [5.74, 6) is 0.563. The number of nitrogens with two attached hydrogens (primary N) is 1. The second-order valence-corrected chi connectivity index (χ2v) is 4.83. The van der Waals surface area contributed by atoms with E-state index in [2.05, 4.69) is 0 Å². The Hall–Kier alpha value is -1.42. The number of halogens is 2. The quantitative estimate of drug-likeness (QED) is 0.847. The van der Waals surface area contributed by atoms with Crippen molar-refractivity contribution in [3.63, 3.8) is 0 Å². The minimum Gasteiger partial charge on any atom is -0.488 e. The van der Waals surface area contributed by atoms with E-state index in [1.54, 1.807) is 36.4 Å². The second kappa shape index (κ2) is 6.15. The normalized spacial score (nSPS) is 10.5. The molecule has 3 nitrogen and oxygen atoms in total. The molecule has 3 N–H and O–H groups in total. The molecule has 100 valence electrons. The molecule has 0 saturated carbocycles. The third-order valence-corrected chi connectivity index (χ3v) is 3.40. The average Bonchev–Trinajstić information content (AvgIpc) is 2.39. The lowest BCUT2D eigenvalue weighted by molar-refractivity contribution is 0.259. The van der Waals surface area contributed by atoms with Gasteiger partial charge in [0.15, 0.2) is 0 Å². The molecule has 0 spiro atoms. The van der Waals surface area contributed by atoms with Crippen molar-refractivity contribution >= 4 is 28.9 Å². The first-order valence-corrected chi connectivity index (χ1v) is 6.42. The Kier molecular flexibility index (Phi) is 4.53. The van der Waals surface area contributed by atoms with E-state index in [0.717, 1.165) is 0 Å². The van der Waals surface area contributed by atoms with Gasteiger partial charge in [0.2, 0.25) is 0 Å². The molecule has 19 heavy (non-hydrogen) atoms. The largest absolute Gasteiger partial charge is 0.488 e. The predicted octanol–water partition coefficient (Wildman–Crippen LogP) is 3.65. The first-order chi connectivity index (χ1) is 9.11. The minimum atomic E-state index is -0.142. The van der Waals surface area contributed by atoms with Crippen LogP contribution in [-0.2, 0) is 13.2 Å². The molecular weight excluding hydrogens is 285 g/mol. The van der Waals surface area contributed by atoms with Crippen molar-refractivity contribution in [2.45, 2.75) is 13.2 Å². The number of rotatable bonds is 4. The highest BCUT2D eigenvalue weighted by Crippen LogP contribution is 2.27. The summed E-state index contributed by atoms with van der Waals surface area (Å²) in [7, 11) is 0. The molecule has 0 atom stereocenters. The van der Waals surface area contributed by atoms with Gasteiger partial charge in [-0.2, -0.15) is 0 Å². The van der Waals surface area contributed by atoms with Gasteiger partial charge in [0, 0.05) is 26.9 Å². The summed E-state index contributed by atoms with van der Waals surface area (Å²) < 4.78 is 5.65. The van der Waals surface area contributed by atoms with Crippen LogP contribution >= 0.6 is 23.2 Å². The minimum absolute atomic E-state index is 0.142. The fraction of sp³-hybridized carbons (Fsp3) is 0.143. The fourth-order valence-corrected chi connectivity index (χ4v) is 2.19. The molecule has 0 heterocycles. The second-order valence-electron chi connectivity index (χ2n) is 4.01. The maximum absolute atomic E-state index is 9.26. The van der Waals surface area contributed by atoms with Crippen LogP contribution in [0.15, 0.2) is 36.4 Å². The summed E-state index contributed by atoms with van der Waals surface area (Å²) in [6, 6.07) is 10.4. The highest BCUT2D eigenvalue weighted by Gasteiger charge is 2.08. The Morgan fingerprint density at radius 2 is 1.79 bits per heavy atom. The summed E-state index contributed by atoms with van der Waals surface area (Å²) in [5.41, 5.74) is 7.57. The van der Waals surface area contributed by atoms with Crippen LogP contribution in [0.1, 0.15) is 11.1 Å². The lowest BCUT2D eigenvalue weighted by Crippen LogP contribution is -2.01. The zero-order valence-corrected chi connectivity index (χ0v) is 11.6. The van der Waals surface area contributed by atoms with Crippen molar-refractivity contribution in [2.75, 3.05) is 5.73 Å². The maximum Gasteiger partial charge on any atom is 0.125 e. The molecule has 0 fully saturated rings. The lowest BCUT2D eigenvalue weighted by atomic mass is 10.2. The summed E-state index contributed by atoms with van der Waals surface area (Å²) in [6.07, 6.45) is 0. The van der Waals surface area contributed by atoms with Gasteiger partial charge in [-0.25, -0.2) is 0 Å². The van der Waals surface area contributed by atoms with Gasteiger partial charge in [-0.15, -0.1) is 0 Å². The number of aliphatic hydroxyl groups is 1. The number of aliphatic hydroxyl groups excluding tert-OH is 1. The topological polar surface area (TPSA) is 55.5 Å². The van der Waals surface area contributed by atoms with Gasteiger partial charge >= 0.3 is 0 Å². The first-order valence-electron chi connectivity index (χ1n) is 5.66. The van der Waals surface area contributed by atoms with E-state index in [1.807, 2.05) is 0 Å². The van der Waals surface area contributed by atoms with Gasteiger partial charge in [0.25, 0.3) is 0 Å². The molecular formula is C14H13Cl2NO2. The van der Waals surface area contributed by atoms with Crippen molar-refractivity contribution in [3.05, 3.63) is 57.6 Å². The van der Waals surface area contributed by atoms with Gasteiger partial charge in [0.05, 0.1) is 6.61 Å². The standard InChI is InChI=1S/C14H13Cl2NO2/c15-12-2-1-3-13(16)11(12)8-19-14-5-4-10(17)6-9(14)7-18/h1-6,18H,7-8,17H2. The molecule has 0 aliphatic carbocycles. The average molecular weight is 298 g/mol. The van der Waals surface area contributed by atoms with Crippen LogP contribution in [0, 0.1) is 0 Å². The highest BCUT2D eigenvalue weighted by molar-refractivity contribution is 6.35. The zero-order valence-electron chi connectivity index (χ0n) is 10.1. The van der Waals surface area contributed by atoms with Crippen molar-refractivity contribution in [1.82, 2.24) is 0 Å². The SMILES string of the molecule is Nc1ccc(OCc2c(Cl)cccc2Cl)c(CO)c1. The van der Waals surface area contributed by atoms with Crippen molar-refractivity contribution < 1.29 is 9.84 Å². The number of benzene rings is 2. The van der Waals surface area contributed by atoms with E-state index in [0.29, 0.717) is 32.6 Å². The number of nitrogen functional groups attached to an aromatic ring is 1. The van der Waals surface area contributed by atoms with Crippen molar-refractivity contribution in [2.24, 2.45) is 0 Å². The van der Waals surface area contributed by atoms with Crippen molar-refractivity contribution in [3.8, 4) is 5.75 Å². The molecule has 0 aromatic heterocycles. The molecule has 5 heteroatoms. The Morgan fingerprint density at radius 3 is 2.42 bits per heavy atom. The summed E-state index contributed by atoms with van der Waals surface area (Å²) >= 11 is 12.1. The number of hydrogen-bond donors (Lipinski definition) is 2. The van der Waals surface area contributed by atoms with Gasteiger partial charge in [0.1, 0.15) is 12.4 Å². The highest BCUT2D eigenvalue weighted by atomic mass is 35.5. The number of ether oxygens (including phenoxy) is 1. The summed E-state index contributed by atoms with van der Waals surface area (Å²) in [6.45, 7) is 0.0893. The molecule has 2 aromatic rings. The van der Waals surface area contributed by atoms with Gasteiger partial charge in [-0.05, 0) is 30.3 Å². The lowest BCUT2D eigenvalue weighted by Gasteiger charge is -2.12. The Bertz CT molecular complexity index is 567. The monoisotopic (exact) mass is 297 g/mol. The molecule has 2 aromatic carbocycles. The van der Waals surface area contributed by atoms with Crippen LogP contribution in [0.4, 0.5) is 5.69 Å². The van der Waals surface area contributed by atoms with Gasteiger partial charge in [-0.3, -0.25) is 0 Å². The molecule has 0 unspecified atom stereocenters. The Labute approximate surface area is 121 Å². The molecule has 0 amide bonds. The van der Waals surface area contributed by atoms with Crippen LogP contribution in [0.2, 0.25) is 10.0 Å². The van der Waals surface area contributed by atoms with E-state index in [1.165, 1.54) is 0 Å². The van der Waals surface area contributed by atoms with Crippen LogP contribution in [0.5, 0.6) is 5.75 Å². The van der Waals surface area contributed by atoms with E-state index in [9.17, 15) is 5.11 Å². The van der Waals surface area contributed by atoms with E-state index in [-0.39, 0.29) is 13.2 Å². The van der Waals surface area contributed by atoms with Crippen LogP contribution < -0.4 is 10.5 Å². The maximum atomic E-state index is 9.26. The first kappa shape index (κ1) is 14.0. The molecule has 0 aliphatic heterocycles. The van der Waals surface area contributed by atoms with Crippen LogP contribution in [0.3, 0.4) is 0 Å². The third-order valence-electron chi connectivity index (χ3n) is 2.69. The number of anilines is 1. The molecule has 0 radical (unpaired) electrons. The predicted molar refractivity (Wildman–Crippen MR) is 77.6 cm³/mol. The van der Waals surface area contributed by atoms with Gasteiger partial charge < -0.3 is 15.6 Å². The van der Waals surface area contributed by atoms with Crippen LogP contribution in [0.25, 0.3) is 0 Å². The zero-order chi connectivity index (χ0) is 13.8. The van der Waals surface area contributed by atoms with E-state index >= 15 is 0 Å². The number of hydrogen-bond acceptors (Lipinski definition) is 3. The summed E-state index contributed by atoms with van der Waals surface area (Å²) in [5, 5.41) is 10.4. The molecule has 0 bridgehead atoms. The van der Waals surface area contributed by atoms with Crippen LogP contribution in [-0.4, -0.2) is 5.11 Å². The third kappa shape index (κ3) is 3.32. The Morgan fingerprint density at radius 1 is 1.11 bits per heavy atom. The fourth-order valence-electron chi connectivity index (χ4n) is 1.68. The molecule has 0 aliphatic rings. The Balaban J connectivity index is 2.19. The van der Waals surface area contributed by atoms with E-state index < -0.39 is 0 Å². The van der Waals surface area contributed by atoms with Gasteiger partial charge in [-0.1, -0.05) is 29.3 Å². The van der Waals surface area contributed by atoms with E-state index in [4.69, 9.17) is 33.7 Å². The molecule has 2 rings (SSSR count). The summed E-state index contributed by atoms with van der Waals surface area (Å²) in [4.78, 5) is 0.